The van der Waals surface area contributed by atoms with Crippen molar-refractivity contribution in [2.24, 2.45) is 0 Å². The summed E-state index contributed by atoms with van der Waals surface area (Å²) in [6.45, 7) is 1.84. The minimum Gasteiger partial charge on any atom is -0.393 e. The third-order valence-corrected chi connectivity index (χ3v) is 1.77. The van der Waals surface area contributed by atoms with Crippen molar-refractivity contribution in [3.8, 4) is 0 Å². The Morgan fingerprint density at radius 2 is 2.12 bits per heavy atom. The van der Waals surface area contributed by atoms with E-state index < -0.39 is 0 Å². The molecule has 0 bridgehead atoms. The lowest BCUT2D eigenvalue weighted by Gasteiger charge is -1.99. The van der Waals surface area contributed by atoms with Gasteiger partial charge in [-0.2, -0.15) is 0 Å². The minimum atomic E-state index is -0.0991. The van der Waals surface area contributed by atoms with Gasteiger partial charge in [0, 0.05) is 0 Å². The number of rotatable bonds is 4. The summed E-state index contributed by atoms with van der Waals surface area (Å²) in [4.78, 5) is 0. The zero-order valence-electron chi connectivity index (χ0n) is 5.23. The molecule has 0 saturated heterocycles. The van der Waals surface area contributed by atoms with Crippen molar-refractivity contribution >= 4 is 22.6 Å². The molecule has 0 rings (SSSR count). The average Bonchev–Trinajstić information content (AvgIpc) is 1.66. The summed E-state index contributed by atoms with van der Waals surface area (Å²) in [6, 6.07) is 0. The Balaban J connectivity index is 2.72. The van der Waals surface area contributed by atoms with E-state index in [0.717, 1.165) is 6.42 Å². The molecule has 0 aromatic heterocycles. The van der Waals surface area contributed by atoms with Crippen LogP contribution in [0.3, 0.4) is 0 Å². The molecule has 0 fully saturated rings. The fourth-order valence-electron chi connectivity index (χ4n) is 0.534. The van der Waals surface area contributed by atoms with Crippen LogP contribution in [0.15, 0.2) is 0 Å². The number of hydrogen-bond acceptors (Lipinski definition) is 1. The summed E-state index contributed by atoms with van der Waals surface area (Å²) < 4.78 is 1.21. The van der Waals surface area contributed by atoms with Gasteiger partial charge in [0.15, 0.2) is 0 Å². The number of alkyl halides is 1. The van der Waals surface area contributed by atoms with Crippen LogP contribution in [0.1, 0.15) is 26.2 Å². The first-order valence-electron chi connectivity index (χ1n) is 3.01. The first-order valence-corrected chi connectivity index (χ1v) is 4.54. The molecule has 2 heteroatoms. The van der Waals surface area contributed by atoms with E-state index in [4.69, 9.17) is 5.11 Å². The van der Waals surface area contributed by atoms with E-state index in [1.807, 2.05) is 6.92 Å². The monoisotopic (exact) mass is 228 g/mol. The van der Waals surface area contributed by atoms with Gasteiger partial charge in [0.2, 0.25) is 0 Å². The molecule has 0 spiro atoms. The second-order valence-electron chi connectivity index (χ2n) is 2.03. The molecule has 0 amide bonds. The Labute approximate surface area is 64.6 Å². The Kier molecular flexibility index (Phi) is 6.32. The molecule has 1 N–H and O–H groups in total. The number of unbranched alkanes of at least 4 members (excludes halogenated alkanes) is 1. The highest BCUT2D eigenvalue weighted by Crippen LogP contribution is 2.01. The highest BCUT2D eigenvalue weighted by Gasteiger charge is 1.92. The highest BCUT2D eigenvalue weighted by molar-refractivity contribution is 14.1. The number of halogens is 1. The van der Waals surface area contributed by atoms with Crippen LogP contribution in [0.2, 0.25) is 0 Å². The van der Waals surface area contributed by atoms with Gasteiger partial charge in [-0.1, -0.05) is 29.0 Å². The minimum absolute atomic E-state index is 0.0991. The van der Waals surface area contributed by atoms with Crippen LogP contribution in [0.5, 0.6) is 0 Å². The molecule has 0 radical (unpaired) electrons. The Morgan fingerprint density at radius 1 is 1.50 bits per heavy atom. The zero-order valence-corrected chi connectivity index (χ0v) is 7.39. The summed E-state index contributed by atoms with van der Waals surface area (Å²) in [5.41, 5.74) is 0. The van der Waals surface area contributed by atoms with E-state index in [1.54, 1.807) is 0 Å². The first kappa shape index (κ1) is 8.69. The molecule has 0 aliphatic heterocycles. The molecule has 0 unspecified atom stereocenters. The molecule has 0 aromatic carbocycles. The van der Waals surface area contributed by atoms with Gasteiger partial charge in [-0.25, -0.2) is 0 Å². The summed E-state index contributed by atoms with van der Waals surface area (Å²) in [6.07, 6.45) is 3.27. The number of aliphatic hydroxyl groups excluding tert-OH is 1. The van der Waals surface area contributed by atoms with Crippen LogP contribution in [-0.2, 0) is 0 Å². The predicted molar refractivity (Wildman–Crippen MR) is 44.4 cm³/mol. The Bertz CT molecular complexity index is 45.8. The highest BCUT2D eigenvalue weighted by atomic mass is 127. The van der Waals surface area contributed by atoms with Gasteiger partial charge in [-0.05, 0) is 24.2 Å². The second kappa shape index (κ2) is 5.82. The van der Waals surface area contributed by atoms with Crippen molar-refractivity contribution in [3.05, 3.63) is 0 Å². The van der Waals surface area contributed by atoms with E-state index >= 15 is 0 Å². The third-order valence-electron chi connectivity index (χ3n) is 1.01. The normalized spacial score (nSPS) is 13.9. The lowest BCUT2D eigenvalue weighted by Crippen LogP contribution is -1.98. The molecule has 0 aliphatic carbocycles. The topological polar surface area (TPSA) is 20.2 Å². The maximum Gasteiger partial charge on any atom is 0.0512 e. The van der Waals surface area contributed by atoms with Crippen molar-refractivity contribution in [2.45, 2.75) is 32.3 Å². The van der Waals surface area contributed by atoms with Crippen molar-refractivity contribution in [2.75, 3.05) is 4.43 Å². The van der Waals surface area contributed by atoms with Crippen LogP contribution in [0.4, 0.5) is 0 Å². The molecule has 50 valence electrons. The van der Waals surface area contributed by atoms with Crippen LogP contribution in [0.25, 0.3) is 0 Å². The van der Waals surface area contributed by atoms with Crippen LogP contribution in [-0.4, -0.2) is 15.6 Å². The molecule has 8 heavy (non-hydrogen) atoms. The lowest BCUT2D eigenvalue weighted by atomic mass is 10.2. The van der Waals surface area contributed by atoms with Gasteiger partial charge in [0.25, 0.3) is 0 Å². The van der Waals surface area contributed by atoms with E-state index in [0.29, 0.717) is 0 Å². The van der Waals surface area contributed by atoms with Crippen molar-refractivity contribution in [1.82, 2.24) is 0 Å². The van der Waals surface area contributed by atoms with Crippen LogP contribution >= 0.6 is 22.6 Å². The molecule has 0 aromatic rings. The van der Waals surface area contributed by atoms with Gasteiger partial charge in [-0.3, -0.25) is 0 Å². The van der Waals surface area contributed by atoms with Gasteiger partial charge in [-0.15, -0.1) is 0 Å². The molecular weight excluding hydrogens is 215 g/mol. The number of hydrogen-bond donors (Lipinski definition) is 1. The summed E-state index contributed by atoms with van der Waals surface area (Å²) in [5.74, 6) is 0. The lowest BCUT2D eigenvalue weighted by molar-refractivity contribution is 0.181. The smallest absolute Gasteiger partial charge is 0.0512 e. The summed E-state index contributed by atoms with van der Waals surface area (Å²) >= 11 is 2.35. The molecule has 0 heterocycles. The van der Waals surface area contributed by atoms with Gasteiger partial charge >= 0.3 is 0 Å². The van der Waals surface area contributed by atoms with E-state index in [1.165, 1.54) is 17.3 Å². The molecule has 1 nitrogen and oxygen atoms in total. The van der Waals surface area contributed by atoms with E-state index in [2.05, 4.69) is 22.6 Å². The zero-order chi connectivity index (χ0) is 6.41. The molecule has 0 aliphatic rings. The van der Waals surface area contributed by atoms with E-state index in [9.17, 15) is 0 Å². The average molecular weight is 228 g/mol. The maximum absolute atomic E-state index is 8.78. The Morgan fingerprint density at radius 3 is 2.50 bits per heavy atom. The summed E-state index contributed by atoms with van der Waals surface area (Å²) in [7, 11) is 0. The van der Waals surface area contributed by atoms with Crippen molar-refractivity contribution in [3.63, 3.8) is 0 Å². The fraction of sp³-hybridized carbons (Fsp3) is 1.00. The second-order valence-corrected chi connectivity index (χ2v) is 3.11. The van der Waals surface area contributed by atoms with Crippen LogP contribution < -0.4 is 0 Å². The van der Waals surface area contributed by atoms with E-state index in [-0.39, 0.29) is 6.10 Å². The summed E-state index contributed by atoms with van der Waals surface area (Å²) in [5, 5.41) is 8.78. The van der Waals surface area contributed by atoms with Gasteiger partial charge in [0.05, 0.1) is 6.10 Å². The molecule has 0 saturated carbocycles. The Hall–Kier alpha value is 0.690. The standard InChI is InChI=1S/C6H13IO/c1-6(8)4-2-3-5-7/h6,8H,2-5H2,1H3/t6-/m0/s1. The third kappa shape index (κ3) is 6.69. The maximum atomic E-state index is 8.78. The SMILES string of the molecule is C[C@H](O)CCCCI. The first-order chi connectivity index (χ1) is 3.77. The molecule has 1 atom stereocenters. The van der Waals surface area contributed by atoms with Crippen LogP contribution in [0, 0.1) is 0 Å². The van der Waals surface area contributed by atoms with Gasteiger partial charge < -0.3 is 5.11 Å². The largest absolute Gasteiger partial charge is 0.393 e. The van der Waals surface area contributed by atoms with Gasteiger partial charge in [0.1, 0.15) is 0 Å². The quantitative estimate of drug-likeness (QED) is 0.443. The molecular formula is C6H13IO. The van der Waals surface area contributed by atoms with Crippen molar-refractivity contribution < 1.29 is 5.11 Å². The van der Waals surface area contributed by atoms with Crippen molar-refractivity contribution in [1.29, 1.82) is 0 Å². The predicted octanol–water partition coefficient (Wildman–Crippen LogP) is 1.97. The fourth-order valence-corrected chi connectivity index (χ4v) is 1.07. The number of aliphatic hydroxyl groups is 1.